The number of fused-ring (bicyclic) bond motifs is 1. The normalized spacial score (nSPS) is 20.5. The van der Waals surface area contributed by atoms with Gasteiger partial charge in [0.2, 0.25) is 0 Å². The molecule has 0 aliphatic carbocycles. The Kier molecular flexibility index (Phi) is 5.93. The van der Waals surface area contributed by atoms with Gasteiger partial charge in [-0.25, -0.2) is 4.57 Å². The second-order valence-corrected chi connectivity index (χ2v) is 9.80. The van der Waals surface area contributed by atoms with Crippen LogP contribution in [-0.2, 0) is 9.09 Å². The minimum absolute atomic E-state index is 0.212. The van der Waals surface area contributed by atoms with Crippen LogP contribution in [0.25, 0.3) is 0 Å². The van der Waals surface area contributed by atoms with Crippen LogP contribution < -0.4 is 10.1 Å². The molecular weight excluding hydrogens is 441 g/mol. The summed E-state index contributed by atoms with van der Waals surface area (Å²) in [6.45, 7) is 4.56. The number of ketones is 1. The fourth-order valence-corrected chi connectivity index (χ4v) is 4.76. The van der Waals surface area contributed by atoms with Gasteiger partial charge in [-0.1, -0.05) is 11.6 Å². The number of phosphoric ester groups is 1. The molecule has 0 saturated heterocycles. The molecular formula is C18H19ClNO7PS. The lowest BCUT2D eigenvalue weighted by atomic mass is 9.85. The fraction of sp³-hybridized carbons (Fsp3) is 0.333. The highest BCUT2D eigenvalue weighted by atomic mass is 35.5. The van der Waals surface area contributed by atoms with Crippen LogP contribution in [0.1, 0.15) is 53.1 Å². The zero-order valence-corrected chi connectivity index (χ0v) is 18.2. The summed E-state index contributed by atoms with van der Waals surface area (Å²) in [5.41, 5.74) is -0.257. The van der Waals surface area contributed by atoms with Gasteiger partial charge in [0.05, 0.1) is 11.6 Å². The van der Waals surface area contributed by atoms with Gasteiger partial charge in [0.25, 0.3) is 5.91 Å². The highest BCUT2D eigenvalue weighted by molar-refractivity contribution is 7.46. The van der Waals surface area contributed by atoms with E-state index in [1.807, 2.05) is 0 Å². The molecule has 1 aliphatic heterocycles. The molecule has 2 aromatic rings. The molecule has 3 N–H and O–H groups in total. The van der Waals surface area contributed by atoms with Crippen LogP contribution in [0.4, 0.5) is 0 Å². The summed E-state index contributed by atoms with van der Waals surface area (Å²) in [7, 11) is -4.93. The van der Waals surface area contributed by atoms with Crippen LogP contribution in [0.2, 0.25) is 4.34 Å². The maximum Gasteiger partial charge on any atom is 0.470 e. The van der Waals surface area contributed by atoms with Crippen molar-refractivity contribution < 1.29 is 33.2 Å². The number of thiophene rings is 1. The van der Waals surface area contributed by atoms with Crippen LogP contribution in [-0.4, -0.2) is 33.2 Å². The quantitative estimate of drug-likeness (QED) is 0.460. The monoisotopic (exact) mass is 459 g/mol. The zero-order valence-electron chi connectivity index (χ0n) is 15.7. The number of phosphoric acid groups is 1. The van der Waals surface area contributed by atoms with Crippen molar-refractivity contribution in [2.45, 2.75) is 38.5 Å². The standard InChI is InChI=1S/C18H19ClNO7PS/c1-9(21)10-4-5-13-12(8-10)14(20-17(22)11-6-7-29-16(11)19)15(18(2,3)26-13)27-28(23,24)25/h4-8,14-15H,1-3H3,(H,20,22)(H2,23,24,25)/t14-,15-/m0/s1. The molecule has 1 aromatic heterocycles. The molecule has 1 aromatic carbocycles. The highest BCUT2D eigenvalue weighted by Crippen LogP contribution is 2.49. The van der Waals surface area contributed by atoms with Crippen molar-refractivity contribution in [3.63, 3.8) is 0 Å². The lowest BCUT2D eigenvalue weighted by Crippen LogP contribution is -2.54. The molecule has 156 valence electrons. The molecule has 3 rings (SSSR count). The molecule has 0 saturated carbocycles. The second kappa shape index (κ2) is 7.83. The van der Waals surface area contributed by atoms with E-state index in [9.17, 15) is 23.9 Å². The molecule has 0 bridgehead atoms. The lowest BCUT2D eigenvalue weighted by Gasteiger charge is -2.44. The van der Waals surface area contributed by atoms with Crippen LogP contribution >= 0.6 is 30.8 Å². The SMILES string of the molecule is CC(=O)c1ccc2c(c1)[C@H](NC(=O)c1ccsc1Cl)[C@H](OP(=O)(O)O)C(C)(C)O2. The summed E-state index contributed by atoms with van der Waals surface area (Å²) in [5, 5.41) is 4.39. The molecule has 0 fully saturated rings. The van der Waals surface area contributed by atoms with E-state index < -0.39 is 31.5 Å². The van der Waals surface area contributed by atoms with Gasteiger partial charge in [-0.2, -0.15) is 0 Å². The van der Waals surface area contributed by atoms with Crippen LogP contribution in [0.15, 0.2) is 29.6 Å². The maximum absolute atomic E-state index is 12.8. The van der Waals surface area contributed by atoms with Crippen molar-refractivity contribution in [2.24, 2.45) is 0 Å². The predicted molar refractivity (Wildman–Crippen MR) is 108 cm³/mol. The molecule has 2 atom stereocenters. The molecule has 29 heavy (non-hydrogen) atoms. The summed E-state index contributed by atoms with van der Waals surface area (Å²) < 4.78 is 22.8. The third kappa shape index (κ3) is 4.71. The summed E-state index contributed by atoms with van der Waals surface area (Å²) in [6, 6.07) is 5.21. The van der Waals surface area contributed by atoms with E-state index in [0.29, 0.717) is 16.9 Å². The van der Waals surface area contributed by atoms with Crippen molar-refractivity contribution in [3.05, 3.63) is 50.7 Å². The first-order chi connectivity index (χ1) is 13.4. The Labute approximate surface area is 176 Å². The van der Waals surface area contributed by atoms with Crippen LogP contribution in [0, 0.1) is 0 Å². The van der Waals surface area contributed by atoms with Crippen molar-refractivity contribution in [3.8, 4) is 5.75 Å². The number of hydrogen-bond acceptors (Lipinski definition) is 6. The Bertz CT molecular complexity index is 1020. The number of benzene rings is 1. The summed E-state index contributed by atoms with van der Waals surface area (Å²) in [5.74, 6) is -0.388. The smallest absolute Gasteiger partial charge is 0.470 e. The Morgan fingerprint density at radius 1 is 1.31 bits per heavy atom. The number of halogens is 1. The Hall–Kier alpha value is -1.74. The van der Waals surface area contributed by atoms with Gasteiger partial charge in [-0.05, 0) is 50.4 Å². The number of hydrogen-bond donors (Lipinski definition) is 3. The van der Waals surface area contributed by atoms with E-state index in [1.165, 1.54) is 24.3 Å². The van der Waals surface area contributed by atoms with Gasteiger partial charge < -0.3 is 19.8 Å². The van der Waals surface area contributed by atoms with E-state index in [4.69, 9.17) is 20.9 Å². The molecule has 2 heterocycles. The minimum Gasteiger partial charge on any atom is -0.485 e. The summed E-state index contributed by atoms with van der Waals surface area (Å²) in [6.07, 6.45) is -1.25. The largest absolute Gasteiger partial charge is 0.485 e. The molecule has 0 unspecified atom stereocenters. The van der Waals surface area contributed by atoms with Crippen molar-refractivity contribution in [1.82, 2.24) is 5.32 Å². The third-order valence-corrected chi connectivity index (χ3v) is 6.18. The van der Waals surface area contributed by atoms with E-state index in [0.717, 1.165) is 0 Å². The molecule has 8 nitrogen and oxygen atoms in total. The first-order valence-electron chi connectivity index (χ1n) is 8.51. The van der Waals surface area contributed by atoms with Crippen LogP contribution in [0.5, 0.6) is 5.75 Å². The van der Waals surface area contributed by atoms with Gasteiger partial charge in [0.15, 0.2) is 5.78 Å². The highest BCUT2D eigenvalue weighted by Gasteiger charge is 2.48. The molecule has 0 spiro atoms. The summed E-state index contributed by atoms with van der Waals surface area (Å²) >= 11 is 7.23. The topological polar surface area (TPSA) is 122 Å². The Morgan fingerprint density at radius 2 is 2.00 bits per heavy atom. The maximum atomic E-state index is 12.8. The average Bonchev–Trinajstić information content (AvgIpc) is 3.02. The van der Waals surface area contributed by atoms with E-state index >= 15 is 0 Å². The van der Waals surface area contributed by atoms with E-state index in [1.54, 1.807) is 37.4 Å². The number of Topliss-reactive ketones (excluding diaryl/α,β-unsaturated/α-hetero) is 1. The van der Waals surface area contributed by atoms with Gasteiger partial charge in [-0.3, -0.25) is 14.1 Å². The van der Waals surface area contributed by atoms with Gasteiger partial charge in [0, 0.05) is 11.1 Å². The Morgan fingerprint density at radius 3 is 2.55 bits per heavy atom. The van der Waals surface area contributed by atoms with Gasteiger partial charge in [0.1, 0.15) is 21.8 Å². The van der Waals surface area contributed by atoms with Crippen molar-refractivity contribution in [1.29, 1.82) is 0 Å². The summed E-state index contributed by atoms with van der Waals surface area (Å²) in [4.78, 5) is 43.5. The molecule has 1 amide bonds. The first kappa shape index (κ1) is 22.0. The van der Waals surface area contributed by atoms with Gasteiger partial charge >= 0.3 is 7.82 Å². The first-order valence-corrected chi connectivity index (χ1v) is 11.3. The van der Waals surface area contributed by atoms with E-state index in [-0.39, 0.29) is 15.7 Å². The van der Waals surface area contributed by atoms with Crippen molar-refractivity contribution in [2.75, 3.05) is 0 Å². The van der Waals surface area contributed by atoms with Crippen molar-refractivity contribution >= 4 is 42.5 Å². The second-order valence-electron chi connectivity index (χ2n) is 7.09. The number of carbonyl (C=O) groups excluding carboxylic acids is 2. The lowest BCUT2D eigenvalue weighted by molar-refractivity contribution is -0.0597. The third-order valence-electron chi connectivity index (χ3n) is 4.51. The van der Waals surface area contributed by atoms with Crippen LogP contribution in [0.3, 0.4) is 0 Å². The molecule has 1 aliphatic rings. The molecule has 0 radical (unpaired) electrons. The predicted octanol–water partition coefficient (Wildman–Crippen LogP) is 3.72. The average molecular weight is 460 g/mol. The number of rotatable bonds is 5. The van der Waals surface area contributed by atoms with Gasteiger partial charge in [-0.15, -0.1) is 11.3 Å². The fourth-order valence-electron chi connectivity index (χ4n) is 3.17. The number of carbonyl (C=O) groups is 2. The number of ether oxygens (including phenoxy) is 1. The molecule has 11 heteroatoms. The zero-order chi connectivity index (χ0) is 21.6. The van der Waals surface area contributed by atoms with E-state index in [2.05, 4.69) is 5.32 Å². The minimum atomic E-state index is -4.93. The number of amides is 1. The number of nitrogens with one attached hydrogen (secondary N) is 1. The Balaban J connectivity index is 2.10.